The van der Waals surface area contributed by atoms with Crippen molar-refractivity contribution in [3.63, 3.8) is 0 Å². The van der Waals surface area contributed by atoms with Crippen LogP contribution in [0.1, 0.15) is 32.4 Å². The van der Waals surface area contributed by atoms with Crippen molar-refractivity contribution in [1.29, 1.82) is 0 Å². The summed E-state index contributed by atoms with van der Waals surface area (Å²) in [6, 6.07) is 14.5. The van der Waals surface area contributed by atoms with Crippen molar-refractivity contribution in [2.45, 2.75) is 32.0 Å². The van der Waals surface area contributed by atoms with Crippen LogP contribution >= 0.6 is 11.8 Å². The van der Waals surface area contributed by atoms with E-state index in [0.717, 1.165) is 28.5 Å². The van der Waals surface area contributed by atoms with Crippen LogP contribution in [0.4, 0.5) is 11.6 Å². The molecule has 9 heteroatoms. The second kappa shape index (κ2) is 10.2. The van der Waals surface area contributed by atoms with E-state index in [2.05, 4.69) is 29.5 Å². The van der Waals surface area contributed by atoms with E-state index in [1.165, 1.54) is 0 Å². The average molecular weight is 480 g/mol. The molecule has 8 nitrogen and oxygen atoms in total. The molecule has 0 saturated carbocycles. The predicted octanol–water partition coefficient (Wildman–Crippen LogP) is 4.97. The number of hydrogen-bond donors (Lipinski definition) is 2. The summed E-state index contributed by atoms with van der Waals surface area (Å²) in [5.41, 5.74) is 2.89. The van der Waals surface area contributed by atoms with Crippen molar-refractivity contribution in [2.24, 2.45) is 5.92 Å². The lowest BCUT2D eigenvalue weighted by Crippen LogP contribution is -2.31. The molecule has 0 unspecified atom stereocenters. The molecule has 1 aliphatic heterocycles. The first-order chi connectivity index (χ1) is 16.4. The molecule has 0 spiro atoms. The van der Waals surface area contributed by atoms with E-state index < -0.39 is 6.04 Å². The molecule has 1 aliphatic rings. The lowest BCUT2D eigenvalue weighted by molar-refractivity contribution is -0.113. The fourth-order valence-corrected chi connectivity index (χ4v) is 4.47. The molecule has 34 heavy (non-hydrogen) atoms. The van der Waals surface area contributed by atoms with Crippen molar-refractivity contribution >= 4 is 29.3 Å². The number of fused-ring (bicyclic) bond motifs is 1. The van der Waals surface area contributed by atoms with Crippen molar-refractivity contribution in [2.75, 3.05) is 30.6 Å². The predicted molar refractivity (Wildman–Crippen MR) is 135 cm³/mol. The Morgan fingerprint density at radius 3 is 2.29 bits per heavy atom. The summed E-state index contributed by atoms with van der Waals surface area (Å²) in [4.78, 5) is 18.2. The van der Waals surface area contributed by atoms with Crippen LogP contribution in [-0.4, -0.2) is 40.6 Å². The summed E-state index contributed by atoms with van der Waals surface area (Å²) < 4.78 is 12.3. The highest BCUT2D eigenvalue weighted by molar-refractivity contribution is 7.99. The zero-order valence-electron chi connectivity index (χ0n) is 20.0. The molecule has 0 fully saturated rings. The number of rotatable bonds is 8. The second-order valence-electron chi connectivity index (χ2n) is 8.39. The summed E-state index contributed by atoms with van der Waals surface area (Å²) >= 11 is 1.61. The standard InChI is InChI=1S/C25H29N5O3S/c1-15(2)14-34-25-28-24-26-16(3)21(23(31)27-18-8-12-20(33-5)13-9-18)22(30(24)29-25)17-6-10-19(32-4)11-7-17/h6-13,15,22H,14H2,1-5H3,(H,27,31)(H,26,28,29)/t22-/m0/s1. The molecule has 0 radical (unpaired) electrons. The molecule has 178 valence electrons. The smallest absolute Gasteiger partial charge is 0.255 e. The van der Waals surface area contributed by atoms with E-state index in [4.69, 9.17) is 14.6 Å². The molecule has 0 bridgehead atoms. The first kappa shape index (κ1) is 23.7. The van der Waals surface area contributed by atoms with Crippen LogP contribution in [0.3, 0.4) is 0 Å². The van der Waals surface area contributed by atoms with Crippen molar-refractivity contribution < 1.29 is 14.3 Å². The summed E-state index contributed by atoms with van der Waals surface area (Å²) in [6.45, 7) is 6.21. The zero-order chi connectivity index (χ0) is 24.2. The third-order valence-corrected chi connectivity index (χ3v) is 6.67. The van der Waals surface area contributed by atoms with Gasteiger partial charge in [0.25, 0.3) is 5.91 Å². The highest BCUT2D eigenvalue weighted by Gasteiger charge is 2.34. The van der Waals surface area contributed by atoms with Gasteiger partial charge in [-0.05, 0) is 54.8 Å². The Hall–Kier alpha value is -3.46. The van der Waals surface area contributed by atoms with E-state index in [1.54, 1.807) is 30.7 Å². The van der Waals surface area contributed by atoms with Gasteiger partial charge in [0.05, 0.1) is 19.8 Å². The van der Waals surface area contributed by atoms with Crippen LogP contribution < -0.4 is 20.1 Å². The number of nitrogens with zero attached hydrogens (tertiary/aromatic N) is 3. The maximum absolute atomic E-state index is 13.5. The van der Waals surface area contributed by atoms with Gasteiger partial charge in [0.1, 0.15) is 17.5 Å². The summed E-state index contributed by atoms with van der Waals surface area (Å²) in [5.74, 6) is 3.30. The van der Waals surface area contributed by atoms with E-state index in [0.29, 0.717) is 28.3 Å². The molecule has 2 heterocycles. The number of allylic oxidation sites excluding steroid dienone is 1. The minimum atomic E-state index is -0.443. The average Bonchev–Trinajstić information content (AvgIpc) is 3.24. The number of hydrogen-bond acceptors (Lipinski definition) is 7. The van der Waals surface area contributed by atoms with E-state index in [1.807, 2.05) is 55.5 Å². The summed E-state index contributed by atoms with van der Waals surface area (Å²) in [7, 11) is 3.24. The van der Waals surface area contributed by atoms with Gasteiger partial charge < -0.3 is 20.1 Å². The Morgan fingerprint density at radius 2 is 1.71 bits per heavy atom. The van der Waals surface area contributed by atoms with Crippen LogP contribution in [-0.2, 0) is 4.79 Å². The number of anilines is 2. The summed E-state index contributed by atoms with van der Waals surface area (Å²) in [6.07, 6.45) is 0. The topological polar surface area (TPSA) is 90.3 Å². The molecule has 0 saturated heterocycles. The lowest BCUT2D eigenvalue weighted by Gasteiger charge is -2.28. The lowest BCUT2D eigenvalue weighted by atomic mass is 9.95. The number of nitrogens with one attached hydrogen (secondary N) is 2. The van der Waals surface area contributed by atoms with Crippen LogP contribution in [0, 0.1) is 5.92 Å². The quantitative estimate of drug-likeness (QED) is 0.441. The maximum atomic E-state index is 13.5. The van der Waals surface area contributed by atoms with Gasteiger partial charge in [0, 0.05) is 17.1 Å². The van der Waals surface area contributed by atoms with Crippen LogP contribution in [0.2, 0.25) is 0 Å². The minimum absolute atomic E-state index is 0.214. The largest absolute Gasteiger partial charge is 0.497 e. The van der Waals surface area contributed by atoms with E-state index >= 15 is 0 Å². The number of carbonyl (C=O) groups is 1. The Labute approximate surface area is 203 Å². The molecule has 2 aromatic carbocycles. The van der Waals surface area contributed by atoms with Gasteiger partial charge in [0.15, 0.2) is 0 Å². The fourth-order valence-electron chi connectivity index (χ4n) is 3.70. The molecule has 0 aliphatic carbocycles. The van der Waals surface area contributed by atoms with Crippen molar-refractivity contribution in [3.8, 4) is 11.5 Å². The van der Waals surface area contributed by atoms with Crippen molar-refractivity contribution in [1.82, 2.24) is 14.8 Å². The van der Waals surface area contributed by atoms with Gasteiger partial charge in [-0.3, -0.25) is 4.79 Å². The maximum Gasteiger partial charge on any atom is 0.255 e. The van der Waals surface area contributed by atoms with Gasteiger partial charge in [-0.15, -0.1) is 5.10 Å². The highest BCUT2D eigenvalue weighted by Crippen LogP contribution is 2.37. The Bertz CT molecular complexity index is 1190. The Balaban J connectivity index is 1.71. The Kier molecular flexibility index (Phi) is 7.12. The third kappa shape index (κ3) is 5.04. The van der Waals surface area contributed by atoms with Gasteiger partial charge >= 0.3 is 0 Å². The Morgan fingerprint density at radius 1 is 1.09 bits per heavy atom. The molecule has 1 aromatic heterocycles. The van der Waals surface area contributed by atoms with Gasteiger partial charge in [-0.1, -0.05) is 37.7 Å². The van der Waals surface area contributed by atoms with Crippen LogP contribution in [0.5, 0.6) is 11.5 Å². The molecular weight excluding hydrogens is 450 g/mol. The molecule has 4 rings (SSSR count). The number of methoxy groups -OCH3 is 2. The fraction of sp³-hybridized carbons (Fsp3) is 0.320. The number of aromatic nitrogens is 3. The molecule has 1 amide bonds. The normalized spacial score (nSPS) is 15.1. The first-order valence-electron chi connectivity index (χ1n) is 11.1. The number of benzene rings is 2. The minimum Gasteiger partial charge on any atom is -0.497 e. The van der Waals surface area contributed by atoms with Gasteiger partial charge in [-0.2, -0.15) is 4.98 Å². The van der Waals surface area contributed by atoms with Crippen molar-refractivity contribution in [3.05, 3.63) is 65.4 Å². The third-order valence-electron chi connectivity index (χ3n) is 5.40. The summed E-state index contributed by atoms with van der Waals surface area (Å²) in [5, 5.41) is 11.7. The first-order valence-corrected chi connectivity index (χ1v) is 12.0. The molecular formula is C25H29N5O3S. The van der Waals surface area contributed by atoms with Gasteiger partial charge in [-0.25, -0.2) is 4.68 Å². The number of thioether (sulfide) groups is 1. The molecule has 2 N–H and O–H groups in total. The second-order valence-corrected chi connectivity index (χ2v) is 9.38. The molecule has 1 atom stereocenters. The molecule has 3 aromatic rings. The number of carbonyl (C=O) groups excluding carboxylic acids is 1. The monoisotopic (exact) mass is 479 g/mol. The van der Waals surface area contributed by atoms with E-state index in [-0.39, 0.29) is 5.91 Å². The van der Waals surface area contributed by atoms with E-state index in [9.17, 15) is 4.79 Å². The SMILES string of the molecule is COc1ccc(NC(=O)C2=C(C)Nc3nc(SCC(C)C)nn3[C@H]2c2ccc(OC)cc2)cc1. The van der Waals surface area contributed by atoms with Crippen LogP contribution in [0.15, 0.2) is 65.0 Å². The van der Waals surface area contributed by atoms with Gasteiger partial charge in [0.2, 0.25) is 11.1 Å². The number of amides is 1. The zero-order valence-corrected chi connectivity index (χ0v) is 20.8. The highest BCUT2D eigenvalue weighted by atomic mass is 32.2. The number of ether oxygens (including phenoxy) is 2. The van der Waals surface area contributed by atoms with Crippen LogP contribution in [0.25, 0.3) is 0 Å².